The summed E-state index contributed by atoms with van der Waals surface area (Å²) in [7, 11) is 0. The maximum Gasteiger partial charge on any atom is 0.322 e. The third-order valence-corrected chi connectivity index (χ3v) is 3.89. The molecular formula is C15H21N3O2. The lowest BCUT2D eigenvalue weighted by Gasteiger charge is -2.28. The van der Waals surface area contributed by atoms with E-state index < -0.39 is 5.91 Å². The summed E-state index contributed by atoms with van der Waals surface area (Å²) in [5, 5.41) is 2.85. The number of anilines is 1. The van der Waals surface area contributed by atoms with Crippen LogP contribution in [0, 0.1) is 0 Å². The molecule has 0 bridgehead atoms. The molecule has 1 saturated heterocycles. The second kappa shape index (κ2) is 5.94. The largest absolute Gasteiger partial charge is 0.366 e. The van der Waals surface area contributed by atoms with Crippen molar-refractivity contribution in [1.29, 1.82) is 0 Å². The van der Waals surface area contributed by atoms with Crippen molar-refractivity contribution in [2.75, 3.05) is 5.32 Å². The molecule has 3 amide bonds. The van der Waals surface area contributed by atoms with Gasteiger partial charge in [0.1, 0.15) is 0 Å². The number of carbonyl (C=O) groups excluding carboxylic acids is 2. The molecule has 1 aliphatic rings. The van der Waals surface area contributed by atoms with Gasteiger partial charge in [-0.15, -0.1) is 0 Å². The number of hydrogen-bond donors (Lipinski definition) is 2. The minimum atomic E-state index is -0.498. The van der Waals surface area contributed by atoms with Gasteiger partial charge in [0, 0.05) is 23.3 Å². The number of likely N-dealkylation sites (tertiary alicyclic amines) is 1. The zero-order valence-corrected chi connectivity index (χ0v) is 11.9. The van der Waals surface area contributed by atoms with E-state index in [2.05, 4.69) is 19.2 Å². The number of hydrogen-bond acceptors (Lipinski definition) is 2. The Morgan fingerprint density at radius 3 is 2.80 bits per heavy atom. The van der Waals surface area contributed by atoms with Crippen molar-refractivity contribution < 1.29 is 9.59 Å². The van der Waals surface area contributed by atoms with Gasteiger partial charge < -0.3 is 16.0 Å². The van der Waals surface area contributed by atoms with E-state index >= 15 is 0 Å². The van der Waals surface area contributed by atoms with Gasteiger partial charge in [-0.2, -0.15) is 0 Å². The lowest BCUT2D eigenvalue weighted by atomic mass is 10.1. The number of rotatable bonds is 3. The molecule has 1 aromatic carbocycles. The van der Waals surface area contributed by atoms with Crippen molar-refractivity contribution in [2.24, 2.45) is 5.73 Å². The zero-order chi connectivity index (χ0) is 14.7. The monoisotopic (exact) mass is 275 g/mol. The Morgan fingerprint density at radius 1 is 1.40 bits per heavy atom. The quantitative estimate of drug-likeness (QED) is 0.889. The molecule has 5 heteroatoms. The van der Waals surface area contributed by atoms with Crippen molar-refractivity contribution in [2.45, 2.75) is 45.2 Å². The number of nitrogens with one attached hydrogen (secondary N) is 1. The van der Waals surface area contributed by atoms with E-state index in [9.17, 15) is 9.59 Å². The summed E-state index contributed by atoms with van der Waals surface area (Å²) in [6.45, 7) is 4.16. The molecule has 0 unspecified atom stereocenters. The number of amides is 3. The first-order valence-electron chi connectivity index (χ1n) is 7.02. The van der Waals surface area contributed by atoms with Crippen LogP contribution in [0.4, 0.5) is 10.5 Å². The van der Waals surface area contributed by atoms with Crippen LogP contribution in [0.5, 0.6) is 0 Å². The molecule has 108 valence electrons. The van der Waals surface area contributed by atoms with Crippen LogP contribution in [0.1, 0.15) is 43.5 Å². The van der Waals surface area contributed by atoms with Gasteiger partial charge in [-0.1, -0.05) is 13.0 Å². The normalized spacial score (nSPS) is 21.8. The van der Waals surface area contributed by atoms with Gasteiger partial charge in [0.2, 0.25) is 5.91 Å². The summed E-state index contributed by atoms with van der Waals surface area (Å²) < 4.78 is 0. The third-order valence-electron chi connectivity index (χ3n) is 3.89. The minimum Gasteiger partial charge on any atom is -0.366 e. The predicted octanol–water partition coefficient (Wildman–Crippen LogP) is 2.58. The highest BCUT2D eigenvalue weighted by atomic mass is 16.2. The Kier molecular flexibility index (Phi) is 4.27. The lowest BCUT2D eigenvalue weighted by Crippen LogP contribution is -2.42. The molecule has 0 radical (unpaired) electrons. The lowest BCUT2D eigenvalue weighted by molar-refractivity contribution is 0.1000. The zero-order valence-electron chi connectivity index (χ0n) is 11.9. The maximum atomic E-state index is 12.4. The first-order chi connectivity index (χ1) is 9.52. The fourth-order valence-electron chi connectivity index (χ4n) is 2.78. The molecule has 2 atom stereocenters. The first-order valence-corrected chi connectivity index (χ1v) is 7.02. The molecule has 0 spiro atoms. The summed E-state index contributed by atoms with van der Waals surface area (Å²) in [5.74, 6) is -0.498. The molecule has 1 aliphatic heterocycles. The molecule has 0 saturated carbocycles. The summed E-state index contributed by atoms with van der Waals surface area (Å²) in [6, 6.07) is 7.13. The summed E-state index contributed by atoms with van der Waals surface area (Å²) >= 11 is 0. The van der Waals surface area contributed by atoms with E-state index in [0.717, 1.165) is 19.3 Å². The number of primary amides is 1. The average Bonchev–Trinajstić information content (AvgIpc) is 2.80. The van der Waals surface area contributed by atoms with Crippen LogP contribution in [0.15, 0.2) is 24.3 Å². The van der Waals surface area contributed by atoms with E-state index in [1.807, 2.05) is 4.90 Å². The molecular weight excluding hydrogens is 254 g/mol. The average molecular weight is 275 g/mol. The number of urea groups is 1. The van der Waals surface area contributed by atoms with Crippen molar-refractivity contribution in [1.82, 2.24) is 4.90 Å². The minimum absolute atomic E-state index is 0.108. The highest BCUT2D eigenvalue weighted by molar-refractivity contribution is 5.96. The van der Waals surface area contributed by atoms with E-state index in [0.29, 0.717) is 17.3 Å². The molecule has 3 N–H and O–H groups in total. The van der Waals surface area contributed by atoms with Gasteiger partial charge in [-0.05, 0) is 44.4 Å². The van der Waals surface area contributed by atoms with Crippen molar-refractivity contribution in [3.8, 4) is 0 Å². The molecule has 0 aromatic heterocycles. The third kappa shape index (κ3) is 2.92. The standard InChI is InChI=1S/C15H21N3O2/c1-3-13-8-7-10(2)18(13)15(20)17-12-6-4-5-11(9-12)14(16)19/h4-6,9-10,13H,3,7-8H2,1-2H3,(H2,16,19)(H,17,20)/t10-,13-/m1/s1. The molecule has 2 rings (SSSR count). The number of carbonyl (C=O) groups is 2. The van der Waals surface area contributed by atoms with Gasteiger partial charge in [-0.25, -0.2) is 4.79 Å². The molecule has 5 nitrogen and oxygen atoms in total. The highest BCUT2D eigenvalue weighted by Crippen LogP contribution is 2.26. The Morgan fingerprint density at radius 2 is 2.15 bits per heavy atom. The second-order valence-electron chi connectivity index (χ2n) is 5.27. The van der Waals surface area contributed by atoms with Gasteiger partial charge in [-0.3, -0.25) is 4.79 Å². The van der Waals surface area contributed by atoms with Crippen LogP contribution in [0.3, 0.4) is 0 Å². The van der Waals surface area contributed by atoms with E-state index in [1.165, 1.54) is 0 Å². The van der Waals surface area contributed by atoms with Crippen LogP contribution >= 0.6 is 0 Å². The van der Waals surface area contributed by atoms with Crippen molar-refractivity contribution in [3.63, 3.8) is 0 Å². The van der Waals surface area contributed by atoms with E-state index in [-0.39, 0.29) is 12.1 Å². The van der Waals surface area contributed by atoms with Crippen LogP contribution in [-0.4, -0.2) is 28.9 Å². The Hall–Kier alpha value is -2.04. The van der Waals surface area contributed by atoms with Crippen molar-refractivity contribution in [3.05, 3.63) is 29.8 Å². The van der Waals surface area contributed by atoms with Crippen LogP contribution in [0.25, 0.3) is 0 Å². The highest BCUT2D eigenvalue weighted by Gasteiger charge is 2.33. The van der Waals surface area contributed by atoms with Gasteiger partial charge in [0.25, 0.3) is 0 Å². The van der Waals surface area contributed by atoms with Crippen molar-refractivity contribution >= 4 is 17.6 Å². The Balaban J connectivity index is 2.11. The SMILES string of the molecule is CC[C@@H]1CC[C@@H](C)N1C(=O)Nc1cccc(C(N)=O)c1. The number of nitrogens with zero attached hydrogens (tertiary/aromatic N) is 1. The first kappa shape index (κ1) is 14.4. The smallest absolute Gasteiger partial charge is 0.322 e. The van der Waals surface area contributed by atoms with Gasteiger partial charge >= 0.3 is 6.03 Å². The topological polar surface area (TPSA) is 75.4 Å². The molecule has 0 aliphatic carbocycles. The second-order valence-corrected chi connectivity index (χ2v) is 5.27. The van der Waals surface area contributed by atoms with Crippen LogP contribution in [0.2, 0.25) is 0 Å². The fraction of sp³-hybridized carbons (Fsp3) is 0.467. The Labute approximate surface area is 119 Å². The summed E-state index contributed by atoms with van der Waals surface area (Å²) in [4.78, 5) is 25.4. The van der Waals surface area contributed by atoms with E-state index in [1.54, 1.807) is 24.3 Å². The van der Waals surface area contributed by atoms with Gasteiger partial charge in [0.05, 0.1) is 0 Å². The summed E-state index contributed by atoms with van der Waals surface area (Å²) in [6.07, 6.45) is 3.04. The molecule has 20 heavy (non-hydrogen) atoms. The maximum absolute atomic E-state index is 12.4. The number of nitrogens with two attached hydrogens (primary N) is 1. The molecule has 1 aromatic rings. The van der Waals surface area contributed by atoms with Crippen LogP contribution in [-0.2, 0) is 0 Å². The molecule has 1 heterocycles. The fourth-order valence-corrected chi connectivity index (χ4v) is 2.78. The molecule has 1 fully saturated rings. The Bertz CT molecular complexity index is 516. The van der Waals surface area contributed by atoms with E-state index in [4.69, 9.17) is 5.73 Å². The van der Waals surface area contributed by atoms with Crippen LogP contribution < -0.4 is 11.1 Å². The number of benzene rings is 1. The van der Waals surface area contributed by atoms with Gasteiger partial charge in [0.15, 0.2) is 0 Å². The predicted molar refractivity (Wildman–Crippen MR) is 78.6 cm³/mol. The summed E-state index contributed by atoms with van der Waals surface area (Å²) in [5.41, 5.74) is 6.23.